The molecule has 8 rings (SSSR count). The van der Waals surface area contributed by atoms with Crippen LogP contribution < -0.4 is 26.5 Å². The molecule has 0 unspecified atom stereocenters. The number of rotatable bonds is 11. The summed E-state index contributed by atoms with van der Waals surface area (Å²) in [7, 11) is 0. The Kier molecular flexibility index (Phi) is 9.82. The Hall–Kier alpha value is -6.39. The largest absolute Gasteiger partial charge is 0.508 e. The number of urea groups is 1. The summed E-state index contributed by atoms with van der Waals surface area (Å²) in [4.78, 5) is 44.4. The lowest BCUT2D eigenvalue weighted by molar-refractivity contribution is 0.00763. The van der Waals surface area contributed by atoms with Gasteiger partial charge in [0.1, 0.15) is 18.0 Å². The molecular formula is C39H42N10O6. The highest BCUT2D eigenvalue weighted by molar-refractivity contribution is 5.84. The highest BCUT2D eigenvalue weighted by atomic mass is 16.3. The molecule has 55 heavy (non-hydrogen) atoms. The van der Waals surface area contributed by atoms with Crippen LogP contribution in [0.15, 0.2) is 102 Å². The standard InChI is InChI=1S/C39H42N10O6/c50-27-13-7-8-23(16-27)18-41-38(54)44-26-14-15-47(21-26)37-45-35(40-19-28(24-9-3-1-4-10-24)25-11-5-2-6-12-25)32-36(46-37)48(22-43-32)29-17-30(34(53)33(29)52)49-31(51)20-42-39(49)55/h1-13,16,20,22,26,28-30,33-34,50-53H,14-15,17-19,21H2,(H,42,55)(H,40,45,46)(H2,41,44,54)/t26-,29-,30+,33+,34-/m1/s1. The number of carbonyl (C=O) groups excluding carboxylic acids is 1. The van der Waals surface area contributed by atoms with E-state index in [0.29, 0.717) is 49.0 Å². The van der Waals surface area contributed by atoms with Gasteiger partial charge in [0.25, 0.3) is 0 Å². The van der Waals surface area contributed by atoms with Crippen LogP contribution in [-0.2, 0) is 6.54 Å². The summed E-state index contributed by atoms with van der Waals surface area (Å²) in [5.41, 5.74) is 3.27. The second-order valence-electron chi connectivity index (χ2n) is 14.1. The minimum atomic E-state index is -1.36. The first-order valence-corrected chi connectivity index (χ1v) is 18.2. The number of aliphatic hydroxyl groups excluding tert-OH is 2. The molecule has 2 amide bonds. The highest BCUT2D eigenvalue weighted by Gasteiger charge is 2.45. The third-order valence-corrected chi connectivity index (χ3v) is 10.6. The number of carbonyl (C=O) groups is 1. The van der Waals surface area contributed by atoms with Gasteiger partial charge in [-0.15, -0.1) is 0 Å². The summed E-state index contributed by atoms with van der Waals surface area (Å²) in [6.07, 6.45) is 0.776. The number of aromatic amines is 1. The third-order valence-electron chi connectivity index (χ3n) is 10.6. The number of nitrogens with one attached hydrogen (secondary N) is 4. The van der Waals surface area contributed by atoms with E-state index in [4.69, 9.17) is 15.0 Å². The number of aliphatic hydroxyl groups is 2. The number of hydrogen-bond donors (Lipinski definition) is 8. The van der Waals surface area contributed by atoms with Crippen molar-refractivity contribution in [3.05, 3.63) is 125 Å². The molecule has 5 atom stereocenters. The molecule has 2 fully saturated rings. The van der Waals surface area contributed by atoms with Gasteiger partial charge in [-0.3, -0.25) is 4.57 Å². The molecule has 8 N–H and O–H groups in total. The highest BCUT2D eigenvalue weighted by Crippen LogP contribution is 2.41. The van der Waals surface area contributed by atoms with Gasteiger partial charge in [-0.1, -0.05) is 72.8 Å². The van der Waals surface area contributed by atoms with E-state index in [9.17, 15) is 30.0 Å². The number of aromatic nitrogens is 6. The normalized spacial score (nSPS) is 21.0. The van der Waals surface area contributed by atoms with Crippen LogP contribution in [0.1, 0.15) is 47.5 Å². The van der Waals surface area contributed by atoms with Crippen molar-refractivity contribution in [1.82, 2.24) is 39.7 Å². The zero-order chi connectivity index (χ0) is 38.1. The number of phenolic OH excluding ortho intramolecular Hbond substituents is 1. The van der Waals surface area contributed by atoms with Gasteiger partial charge >= 0.3 is 11.7 Å². The molecular weight excluding hydrogens is 704 g/mol. The second kappa shape index (κ2) is 15.2. The van der Waals surface area contributed by atoms with Crippen LogP contribution in [0.25, 0.3) is 11.2 Å². The summed E-state index contributed by atoms with van der Waals surface area (Å²) < 4.78 is 2.74. The second-order valence-corrected chi connectivity index (χ2v) is 14.1. The molecule has 1 saturated heterocycles. The Balaban J connectivity index is 1.09. The van der Waals surface area contributed by atoms with Gasteiger partial charge in [0.15, 0.2) is 17.0 Å². The number of H-pyrrole nitrogens is 1. The minimum absolute atomic E-state index is 0.0309. The van der Waals surface area contributed by atoms with Gasteiger partial charge < -0.3 is 50.8 Å². The van der Waals surface area contributed by atoms with E-state index < -0.39 is 30.0 Å². The molecule has 0 radical (unpaired) electrons. The van der Waals surface area contributed by atoms with Crippen LogP contribution in [0.2, 0.25) is 0 Å². The SMILES string of the molecule is O=C(NCc1cccc(O)c1)N[C@@H]1CCN(c2nc(NCC(c3ccccc3)c3ccccc3)c3ncn([C@@H]4C[C@H](n5c(O)c[nH]c5=O)[C@@H](O)[C@H]4O)c3n2)C1. The van der Waals surface area contributed by atoms with E-state index in [1.165, 1.54) is 0 Å². The summed E-state index contributed by atoms with van der Waals surface area (Å²) in [5, 5.41) is 52.0. The smallest absolute Gasteiger partial charge is 0.328 e. The lowest BCUT2D eigenvalue weighted by Gasteiger charge is -2.22. The maximum Gasteiger partial charge on any atom is 0.328 e. The number of nitrogens with zero attached hydrogens (tertiary/aromatic N) is 6. The number of benzene rings is 3. The third kappa shape index (κ3) is 7.28. The average Bonchev–Trinajstić information content (AvgIpc) is 3.98. The Morgan fingerprint density at radius 2 is 1.65 bits per heavy atom. The Bertz CT molecular complexity index is 2290. The number of amides is 2. The summed E-state index contributed by atoms with van der Waals surface area (Å²) in [6.45, 7) is 1.70. The molecule has 1 aliphatic heterocycles. The lowest BCUT2D eigenvalue weighted by Crippen LogP contribution is -2.43. The number of phenols is 1. The van der Waals surface area contributed by atoms with Crippen LogP contribution in [0, 0.1) is 0 Å². The lowest BCUT2D eigenvalue weighted by atomic mass is 9.91. The Labute approximate surface area is 315 Å². The van der Waals surface area contributed by atoms with Crippen LogP contribution in [-0.4, -0.2) is 93.4 Å². The van der Waals surface area contributed by atoms with Gasteiger partial charge in [-0.05, 0) is 41.7 Å². The Morgan fingerprint density at radius 3 is 2.35 bits per heavy atom. The predicted molar refractivity (Wildman–Crippen MR) is 204 cm³/mol. The fraction of sp³-hybridized carbons (Fsp3) is 0.308. The molecule has 2 aliphatic rings. The monoisotopic (exact) mass is 746 g/mol. The number of imidazole rings is 2. The van der Waals surface area contributed by atoms with E-state index in [1.54, 1.807) is 29.1 Å². The molecule has 1 aliphatic carbocycles. The van der Waals surface area contributed by atoms with E-state index in [-0.39, 0.29) is 42.6 Å². The fourth-order valence-corrected chi connectivity index (χ4v) is 7.76. The van der Waals surface area contributed by atoms with Crippen molar-refractivity contribution < 1.29 is 25.2 Å². The van der Waals surface area contributed by atoms with Gasteiger partial charge in [0, 0.05) is 38.1 Å². The number of hydrogen-bond acceptors (Lipinski definition) is 11. The van der Waals surface area contributed by atoms with Crippen LogP contribution >= 0.6 is 0 Å². The van der Waals surface area contributed by atoms with Crippen molar-refractivity contribution in [2.24, 2.45) is 0 Å². The molecule has 3 aromatic heterocycles. The van der Waals surface area contributed by atoms with Crippen LogP contribution in [0.4, 0.5) is 16.6 Å². The van der Waals surface area contributed by atoms with Crippen molar-refractivity contribution >= 4 is 29.0 Å². The quantitative estimate of drug-likeness (QED) is 0.0964. The van der Waals surface area contributed by atoms with Crippen molar-refractivity contribution in [3.8, 4) is 11.6 Å². The fourth-order valence-electron chi connectivity index (χ4n) is 7.76. The molecule has 16 nitrogen and oxygen atoms in total. The van der Waals surface area contributed by atoms with Crippen molar-refractivity contribution in [1.29, 1.82) is 0 Å². The van der Waals surface area contributed by atoms with Gasteiger partial charge in [0.2, 0.25) is 11.8 Å². The van der Waals surface area contributed by atoms with Gasteiger partial charge in [-0.2, -0.15) is 9.97 Å². The molecule has 284 valence electrons. The molecule has 16 heteroatoms. The van der Waals surface area contributed by atoms with Gasteiger partial charge in [-0.25, -0.2) is 14.6 Å². The molecule has 1 saturated carbocycles. The maximum absolute atomic E-state index is 12.8. The van der Waals surface area contributed by atoms with Gasteiger partial charge in [0.05, 0.1) is 24.6 Å². The summed E-state index contributed by atoms with van der Waals surface area (Å²) in [6, 6.07) is 24.9. The van der Waals surface area contributed by atoms with Crippen LogP contribution in [0.5, 0.6) is 11.6 Å². The molecule has 4 heterocycles. The van der Waals surface area contributed by atoms with Crippen molar-refractivity contribution in [2.45, 2.75) is 55.6 Å². The topological polar surface area (TPSA) is 219 Å². The summed E-state index contributed by atoms with van der Waals surface area (Å²) >= 11 is 0. The zero-order valence-electron chi connectivity index (χ0n) is 29.7. The number of fused-ring (bicyclic) bond motifs is 1. The maximum atomic E-state index is 12.8. The zero-order valence-corrected chi connectivity index (χ0v) is 29.7. The predicted octanol–water partition coefficient (Wildman–Crippen LogP) is 2.96. The molecule has 3 aromatic carbocycles. The van der Waals surface area contributed by atoms with Crippen molar-refractivity contribution in [2.75, 3.05) is 29.9 Å². The number of anilines is 2. The molecule has 6 aromatic rings. The average molecular weight is 747 g/mol. The number of aromatic hydroxyl groups is 2. The molecule has 0 spiro atoms. The Morgan fingerprint density at radius 1 is 0.927 bits per heavy atom. The molecule has 0 bridgehead atoms. The van der Waals surface area contributed by atoms with Crippen molar-refractivity contribution in [3.63, 3.8) is 0 Å². The summed E-state index contributed by atoms with van der Waals surface area (Å²) in [5.74, 6) is 0.616. The first kappa shape index (κ1) is 35.6. The van der Waals surface area contributed by atoms with E-state index in [2.05, 4.69) is 45.2 Å². The first-order valence-electron chi connectivity index (χ1n) is 18.2. The first-order chi connectivity index (χ1) is 26.7. The van der Waals surface area contributed by atoms with E-state index >= 15 is 0 Å². The minimum Gasteiger partial charge on any atom is -0.508 e. The van der Waals surface area contributed by atoms with E-state index in [1.807, 2.05) is 47.4 Å². The van der Waals surface area contributed by atoms with Crippen LogP contribution in [0.3, 0.4) is 0 Å². The van der Waals surface area contributed by atoms with E-state index in [0.717, 1.165) is 27.5 Å².